The van der Waals surface area contributed by atoms with Gasteiger partial charge in [-0.25, -0.2) is 13.1 Å². The molecule has 0 heterocycles. The first-order valence-corrected chi connectivity index (χ1v) is 9.44. The summed E-state index contributed by atoms with van der Waals surface area (Å²) in [7, 11) is -3.49. The second-order valence-electron chi connectivity index (χ2n) is 5.57. The Morgan fingerprint density at radius 1 is 1.12 bits per heavy atom. The van der Waals surface area contributed by atoms with E-state index in [1.54, 1.807) is 12.1 Å². The second kappa shape index (κ2) is 9.98. The van der Waals surface area contributed by atoms with Crippen molar-refractivity contribution in [3.05, 3.63) is 24.3 Å². The molecule has 0 bridgehead atoms. The average molecular weight is 378 g/mol. The van der Waals surface area contributed by atoms with Crippen LogP contribution in [0.3, 0.4) is 0 Å². The van der Waals surface area contributed by atoms with Crippen molar-refractivity contribution in [2.75, 3.05) is 18.4 Å². The zero-order chi connectivity index (χ0) is 17.5. The van der Waals surface area contributed by atoms with Gasteiger partial charge in [-0.3, -0.25) is 4.79 Å². The number of sulfonamides is 1. The Kier molecular flexibility index (Phi) is 9.50. The summed E-state index contributed by atoms with van der Waals surface area (Å²) >= 11 is 0. The zero-order valence-corrected chi connectivity index (χ0v) is 16.1. The Morgan fingerprint density at radius 3 is 2.08 bits per heavy atom. The molecule has 8 heteroatoms. The fourth-order valence-electron chi connectivity index (χ4n) is 2.25. The number of halogens is 1. The van der Waals surface area contributed by atoms with Crippen LogP contribution in [0.25, 0.3) is 0 Å². The van der Waals surface area contributed by atoms with Gasteiger partial charge in [0.25, 0.3) is 0 Å². The van der Waals surface area contributed by atoms with Crippen molar-refractivity contribution in [1.29, 1.82) is 0 Å². The van der Waals surface area contributed by atoms with Crippen LogP contribution < -0.4 is 15.8 Å². The molecule has 1 aromatic carbocycles. The summed E-state index contributed by atoms with van der Waals surface area (Å²) in [4.78, 5) is 12.6. The summed E-state index contributed by atoms with van der Waals surface area (Å²) < 4.78 is 26.5. The van der Waals surface area contributed by atoms with Gasteiger partial charge in [-0.2, -0.15) is 0 Å². The molecule has 0 atom stereocenters. The van der Waals surface area contributed by atoms with Gasteiger partial charge in [-0.15, -0.1) is 12.4 Å². The highest BCUT2D eigenvalue weighted by molar-refractivity contribution is 7.89. The summed E-state index contributed by atoms with van der Waals surface area (Å²) in [6.07, 6.45) is 2.03. The maximum Gasteiger partial charge on any atom is 0.240 e. The minimum absolute atomic E-state index is 0. The number of carbonyl (C=O) groups excluding carboxylic acids is 1. The minimum atomic E-state index is -3.49. The first kappa shape index (κ1) is 22.9. The Morgan fingerprint density at radius 2 is 1.67 bits per heavy atom. The van der Waals surface area contributed by atoms with Crippen LogP contribution in [0.15, 0.2) is 29.2 Å². The molecule has 0 unspecified atom stereocenters. The molecule has 1 rings (SSSR count). The van der Waals surface area contributed by atoms with Gasteiger partial charge < -0.3 is 11.1 Å². The third-order valence-corrected chi connectivity index (χ3v) is 5.67. The first-order valence-electron chi connectivity index (χ1n) is 7.96. The van der Waals surface area contributed by atoms with Crippen molar-refractivity contribution in [1.82, 2.24) is 4.72 Å². The quantitative estimate of drug-likeness (QED) is 0.615. The summed E-state index contributed by atoms with van der Waals surface area (Å²) in [5, 5.41) is 2.82. The smallest absolute Gasteiger partial charge is 0.240 e. The highest BCUT2D eigenvalue weighted by Crippen LogP contribution is 2.27. The van der Waals surface area contributed by atoms with Crippen molar-refractivity contribution in [3.63, 3.8) is 0 Å². The third kappa shape index (κ3) is 5.44. The number of nitrogens with two attached hydrogens (primary N) is 1. The Bertz CT molecular complexity index is 606. The van der Waals surface area contributed by atoms with Gasteiger partial charge in [0, 0.05) is 18.8 Å². The molecule has 0 aromatic heterocycles. The number of hydrogen-bond acceptors (Lipinski definition) is 4. The number of anilines is 1. The molecule has 0 aliphatic carbocycles. The minimum Gasteiger partial charge on any atom is -0.329 e. The maximum atomic E-state index is 12.4. The highest BCUT2D eigenvalue weighted by Gasteiger charge is 2.33. The lowest BCUT2D eigenvalue weighted by molar-refractivity contribution is -0.125. The number of benzene rings is 1. The van der Waals surface area contributed by atoms with Gasteiger partial charge in [0.05, 0.1) is 10.3 Å². The Labute approximate surface area is 151 Å². The molecule has 0 fully saturated rings. The Balaban J connectivity index is 0.00000529. The van der Waals surface area contributed by atoms with Crippen molar-refractivity contribution in [3.8, 4) is 0 Å². The topological polar surface area (TPSA) is 101 Å². The number of hydrogen-bond donors (Lipinski definition) is 3. The van der Waals surface area contributed by atoms with Crippen LogP contribution in [0, 0.1) is 5.41 Å². The molecule has 0 radical (unpaired) electrons. The van der Waals surface area contributed by atoms with Gasteiger partial charge in [-0.05, 0) is 43.5 Å². The molecule has 0 aliphatic heterocycles. The van der Waals surface area contributed by atoms with E-state index in [-0.39, 0.29) is 29.8 Å². The monoisotopic (exact) mass is 377 g/mol. The molecule has 0 spiro atoms. The molecule has 1 amide bonds. The molecule has 138 valence electrons. The van der Waals surface area contributed by atoms with Crippen LogP contribution in [-0.2, 0) is 14.8 Å². The van der Waals surface area contributed by atoms with E-state index in [4.69, 9.17) is 5.73 Å². The lowest BCUT2D eigenvalue weighted by Gasteiger charge is -2.28. The van der Waals surface area contributed by atoms with Gasteiger partial charge in [0.2, 0.25) is 15.9 Å². The lowest BCUT2D eigenvalue weighted by atomic mass is 9.81. The predicted octanol–water partition coefficient (Wildman–Crippen LogP) is 2.50. The van der Waals surface area contributed by atoms with E-state index in [0.717, 1.165) is 6.42 Å². The van der Waals surface area contributed by atoms with Crippen LogP contribution in [0.4, 0.5) is 5.69 Å². The molecular weight excluding hydrogens is 350 g/mol. The summed E-state index contributed by atoms with van der Waals surface area (Å²) in [6, 6.07) is 6.14. The summed E-state index contributed by atoms with van der Waals surface area (Å²) in [6.45, 7) is 6.44. The molecule has 0 saturated carbocycles. The lowest BCUT2D eigenvalue weighted by Crippen LogP contribution is -2.41. The highest BCUT2D eigenvalue weighted by atomic mass is 35.5. The van der Waals surface area contributed by atoms with Crippen LogP contribution in [0.5, 0.6) is 0 Å². The van der Waals surface area contributed by atoms with Crippen molar-refractivity contribution >= 4 is 34.0 Å². The molecule has 6 nitrogen and oxygen atoms in total. The number of rotatable bonds is 9. The average Bonchev–Trinajstić information content (AvgIpc) is 2.56. The fraction of sp³-hybridized carbons (Fsp3) is 0.562. The van der Waals surface area contributed by atoms with Gasteiger partial charge >= 0.3 is 0 Å². The molecular formula is C16H28ClN3O3S. The fourth-order valence-corrected chi connectivity index (χ4v) is 3.39. The van der Waals surface area contributed by atoms with Crippen LogP contribution in [0.2, 0.25) is 0 Å². The van der Waals surface area contributed by atoms with Gasteiger partial charge in [0.1, 0.15) is 0 Å². The van der Waals surface area contributed by atoms with Gasteiger partial charge in [0.15, 0.2) is 0 Å². The van der Waals surface area contributed by atoms with Crippen molar-refractivity contribution < 1.29 is 13.2 Å². The van der Waals surface area contributed by atoms with E-state index in [0.29, 0.717) is 25.1 Å². The summed E-state index contributed by atoms with van der Waals surface area (Å²) in [5.74, 6) is -0.135. The molecule has 24 heavy (non-hydrogen) atoms. The van der Waals surface area contributed by atoms with E-state index in [1.165, 1.54) is 12.1 Å². The molecule has 1 aromatic rings. The van der Waals surface area contributed by atoms with Gasteiger partial charge in [-0.1, -0.05) is 20.8 Å². The Hall–Kier alpha value is -1.15. The number of nitrogens with one attached hydrogen (secondary N) is 2. The van der Waals surface area contributed by atoms with Crippen LogP contribution >= 0.6 is 12.4 Å². The molecule has 0 aliphatic rings. The van der Waals surface area contributed by atoms with Crippen LogP contribution in [-0.4, -0.2) is 27.4 Å². The standard InChI is InChI=1S/C16H27N3O3S.ClH/c1-4-11-18-23(21,22)14-9-7-13(8-10-14)19-15(20)16(5-2,6-3)12-17;/h7-10,18H,4-6,11-12,17H2,1-3H3,(H,19,20);1H. The first-order chi connectivity index (χ1) is 10.8. The van der Waals surface area contributed by atoms with E-state index < -0.39 is 15.4 Å². The summed E-state index contributed by atoms with van der Waals surface area (Å²) in [5.41, 5.74) is 5.73. The van der Waals surface area contributed by atoms with E-state index in [9.17, 15) is 13.2 Å². The van der Waals surface area contributed by atoms with Crippen molar-refractivity contribution in [2.45, 2.75) is 44.9 Å². The number of amides is 1. The third-order valence-electron chi connectivity index (χ3n) is 4.19. The normalized spacial score (nSPS) is 11.7. The van der Waals surface area contributed by atoms with E-state index in [1.807, 2.05) is 20.8 Å². The van der Waals surface area contributed by atoms with E-state index in [2.05, 4.69) is 10.0 Å². The second-order valence-corrected chi connectivity index (χ2v) is 7.33. The maximum absolute atomic E-state index is 12.4. The number of carbonyl (C=O) groups is 1. The van der Waals surface area contributed by atoms with Crippen molar-refractivity contribution in [2.24, 2.45) is 11.1 Å². The largest absolute Gasteiger partial charge is 0.329 e. The predicted molar refractivity (Wildman–Crippen MR) is 99.9 cm³/mol. The molecule has 0 saturated heterocycles. The van der Waals surface area contributed by atoms with Crippen LogP contribution in [0.1, 0.15) is 40.0 Å². The zero-order valence-electron chi connectivity index (χ0n) is 14.5. The SMILES string of the molecule is CCCNS(=O)(=O)c1ccc(NC(=O)C(CC)(CC)CN)cc1.Cl. The van der Waals surface area contributed by atoms with E-state index >= 15 is 0 Å². The molecule has 4 N–H and O–H groups in total.